The molecule has 14 heavy (non-hydrogen) atoms. The standard InChI is InChI=1S/C9H7BrO4/c10-5-8(11)14-7-4-2-1-3-6(7)9(12)13/h1-4H,5H2,(H,12,13). The van der Waals surface area contributed by atoms with Crippen LogP contribution in [-0.2, 0) is 4.79 Å². The summed E-state index contributed by atoms with van der Waals surface area (Å²) >= 11 is 2.91. The Morgan fingerprint density at radius 1 is 1.36 bits per heavy atom. The number of hydrogen-bond donors (Lipinski definition) is 1. The lowest BCUT2D eigenvalue weighted by Gasteiger charge is -2.04. The smallest absolute Gasteiger partial charge is 0.339 e. The van der Waals surface area contributed by atoms with Gasteiger partial charge in [-0.15, -0.1) is 0 Å². The third-order valence-electron chi connectivity index (χ3n) is 1.45. The van der Waals surface area contributed by atoms with E-state index in [1.54, 1.807) is 12.1 Å². The molecule has 4 nitrogen and oxygen atoms in total. The Morgan fingerprint density at radius 2 is 2.00 bits per heavy atom. The van der Waals surface area contributed by atoms with Crippen molar-refractivity contribution in [1.29, 1.82) is 0 Å². The number of rotatable bonds is 3. The maximum absolute atomic E-state index is 10.9. The Labute approximate surface area is 88.6 Å². The van der Waals surface area contributed by atoms with Crippen LogP contribution in [0, 0.1) is 0 Å². The number of halogens is 1. The highest BCUT2D eigenvalue weighted by molar-refractivity contribution is 9.09. The van der Waals surface area contributed by atoms with Crippen molar-refractivity contribution >= 4 is 27.9 Å². The zero-order valence-electron chi connectivity index (χ0n) is 7.07. The van der Waals surface area contributed by atoms with Crippen LogP contribution in [0.25, 0.3) is 0 Å². The fraction of sp³-hybridized carbons (Fsp3) is 0.111. The molecule has 0 amide bonds. The van der Waals surface area contributed by atoms with E-state index in [-0.39, 0.29) is 16.6 Å². The molecule has 0 radical (unpaired) electrons. The highest BCUT2D eigenvalue weighted by atomic mass is 79.9. The van der Waals surface area contributed by atoms with E-state index in [1.165, 1.54) is 12.1 Å². The molecular weight excluding hydrogens is 252 g/mol. The van der Waals surface area contributed by atoms with Crippen LogP contribution >= 0.6 is 15.9 Å². The van der Waals surface area contributed by atoms with Gasteiger partial charge < -0.3 is 9.84 Å². The van der Waals surface area contributed by atoms with Crippen molar-refractivity contribution in [3.8, 4) is 5.75 Å². The molecule has 0 aliphatic carbocycles. The van der Waals surface area contributed by atoms with Crippen molar-refractivity contribution in [3.63, 3.8) is 0 Å². The van der Waals surface area contributed by atoms with Gasteiger partial charge in [0.1, 0.15) is 16.6 Å². The van der Waals surface area contributed by atoms with Gasteiger partial charge in [0.05, 0.1) is 0 Å². The Balaban J connectivity index is 2.95. The molecule has 0 aliphatic rings. The molecule has 0 unspecified atom stereocenters. The Hall–Kier alpha value is -1.36. The number of carbonyl (C=O) groups excluding carboxylic acids is 1. The van der Waals surface area contributed by atoms with Crippen LogP contribution in [-0.4, -0.2) is 22.4 Å². The van der Waals surface area contributed by atoms with Gasteiger partial charge in [0.15, 0.2) is 0 Å². The molecule has 0 aliphatic heterocycles. The summed E-state index contributed by atoms with van der Waals surface area (Å²) < 4.78 is 4.79. The topological polar surface area (TPSA) is 63.6 Å². The number of para-hydroxylation sites is 1. The number of aromatic carboxylic acids is 1. The summed E-state index contributed by atoms with van der Waals surface area (Å²) in [6.45, 7) is 0. The third-order valence-corrected chi connectivity index (χ3v) is 1.91. The van der Waals surface area contributed by atoms with Crippen molar-refractivity contribution in [2.24, 2.45) is 0 Å². The fourth-order valence-corrected chi connectivity index (χ4v) is 0.997. The van der Waals surface area contributed by atoms with Gasteiger partial charge in [-0.1, -0.05) is 28.1 Å². The molecule has 1 aromatic rings. The first-order valence-corrected chi connectivity index (χ1v) is 4.86. The summed E-state index contributed by atoms with van der Waals surface area (Å²) in [6, 6.07) is 5.97. The molecule has 0 fully saturated rings. The van der Waals surface area contributed by atoms with Gasteiger partial charge >= 0.3 is 11.9 Å². The quantitative estimate of drug-likeness (QED) is 0.509. The molecule has 0 spiro atoms. The monoisotopic (exact) mass is 258 g/mol. The molecule has 0 heterocycles. The van der Waals surface area contributed by atoms with Gasteiger partial charge in [0.2, 0.25) is 0 Å². The maximum atomic E-state index is 10.9. The summed E-state index contributed by atoms with van der Waals surface area (Å²) in [5.41, 5.74) is -0.0261. The largest absolute Gasteiger partial charge is 0.478 e. The zero-order valence-corrected chi connectivity index (χ0v) is 8.65. The second kappa shape index (κ2) is 4.76. The van der Waals surface area contributed by atoms with E-state index in [1.807, 2.05) is 0 Å². The molecule has 0 aromatic heterocycles. The maximum Gasteiger partial charge on any atom is 0.339 e. The van der Waals surface area contributed by atoms with Crippen LogP contribution in [0.5, 0.6) is 5.75 Å². The second-order valence-electron chi connectivity index (χ2n) is 2.41. The molecule has 1 aromatic carbocycles. The SMILES string of the molecule is O=C(CBr)Oc1ccccc1C(=O)O. The average molecular weight is 259 g/mol. The van der Waals surface area contributed by atoms with E-state index in [4.69, 9.17) is 9.84 Å². The number of carboxylic acid groups (broad SMARTS) is 1. The first kappa shape index (κ1) is 10.7. The van der Waals surface area contributed by atoms with Crippen LogP contribution in [0.3, 0.4) is 0 Å². The highest BCUT2D eigenvalue weighted by Gasteiger charge is 2.12. The summed E-state index contributed by atoms with van der Waals surface area (Å²) in [4.78, 5) is 21.6. The van der Waals surface area contributed by atoms with Crippen molar-refractivity contribution < 1.29 is 19.4 Å². The molecule has 0 atom stereocenters. The van der Waals surface area contributed by atoms with E-state index < -0.39 is 11.9 Å². The van der Waals surface area contributed by atoms with E-state index in [9.17, 15) is 9.59 Å². The molecule has 0 saturated heterocycles. The van der Waals surface area contributed by atoms with Gasteiger partial charge in [-0.05, 0) is 12.1 Å². The van der Waals surface area contributed by atoms with Gasteiger partial charge in [-0.3, -0.25) is 4.79 Å². The van der Waals surface area contributed by atoms with E-state index in [0.29, 0.717) is 0 Å². The van der Waals surface area contributed by atoms with Crippen molar-refractivity contribution in [2.75, 3.05) is 5.33 Å². The first-order valence-electron chi connectivity index (χ1n) is 3.74. The zero-order chi connectivity index (χ0) is 10.6. The summed E-state index contributed by atoms with van der Waals surface area (Å²) in [6.07, 6.45) is 0. The summed E-state index contributed by atoms with van der Waals surface area (Å²) in [7, 11) is 0. The highest BCUT2D eigenvalue weighted by Crippen LogP contribution is 2.17. The normalized spacial score (nSPS) is 9.50. The minimum absolute atomic E-state index is 0.0261. The van der Waals surface area contributed by atoms with Crippen molar-refractivity contribution in [2.45, 2.75) is 0 Å². The molecule has 5 heteroatoms. The summed E-state index contributed by atoms with van der Waals surface area (Å²) in [5.74, 6) is -1.59. The van der Waals surface area contributed by atoms with Crippen LogP contribution < -0.4 is 4.74 Å². The second-order valence-corrected chi connectivity index (χ2v) is 2.97. The Bertz CT molecular complexity index is 362. The summed E-state index contributed by atoms with van der Waals surface area (Å²) in [5, 5.41) is 8.78. The molecule has 0 bridgehead atoms. The molecule has 74 valence electrons. The predicted molar refractivity (Wildman–Crippen MR) is 52.8 cm³/mol. The Kier molecular flexibility index (Phi) is 3.64. The molecule has 1 rings (SSSR count). The molecule has 0 saturated carbocycles. The lowest BCUT2D eigenvalue weighted by Crippen LogP contribution is -2.11. The van der Waals surface area contributed by atoms with E-state index in [0.717, 1.165) is 0 Å². The van der Waals surface area contributed by atoms with Gasteiger partial charge in [-0.25, -0.2) is 4.79 Å². The van der Waals surface area contributed by atoms with Crippen LogP contribution in [0.15, 0.2) is 24.3 Å². The molecule has 1 N–H and O–H groups in total. The van der Waals surface area contributed by atoms with E-state index in [2.05, 4.69) is 15.9 Å². The minimum atomic E-state index is -1.12. The number of carboxylic acids is 1. The van der Waals surface area contributed by atoms with Gasteiger partial charge in [0.25, 0.3) is 0 Å². The number of benzene rings is 1. The number of ether oxygens (including phenoxy) is 1. The Morgan fingerprint density at radius 3 is 2.57 bits per heavy atom. The average Bonchev–Trinajstić information content (AvgIpc) is 2.18. The van der Waals surface area contributed by atoms with E-state index >= 15 is 0 Å². The third kappa shape index (κ3) is 2.56. The fourth-order valence-electron chi connectivity index (χ4n) is 0.882. The number of esters is 1. The van der Waals surface area contributed by atoms with Crippen molar-refractivity contribution in [3.05, 3.63) is 29.8 Å². The molecular formula is C9H7BrO4. The number of carbonyl (C=O) groups is 2. The minimum Gasteiger partial charge on any atom is -0.478 e. The van der Waals surface area contributed by atoms with Crippen LogP contribution in [0.4, 0.5) is 0 Å². The van der Waals surface area contributed by atoms with Gasteiger partial charge in [0, 0.05) is 0 Å². The first-order chi connectivity index (χ1) is 6.65. The number of alkyl halides is 1. The van der Waals surface area contributed by atoms with Crippen LogP contribution in [0.1, 0.15) is 10.4 Å². The lowest BCUT2D eigenvalue weighted by atomic mass is 10.2. The number of hydrogen-bond acceptors (Lipinski definition) is 3. The van der Waals surface area contributed by atoms with Crippen LogP contribution in [0.2, 0.25) is 0 Å². The van der Waals surface area contributed by atoms with Gasteiger partial charge in [-0.2, -0.15) is 0 Å². The lowest BCUT2D eigenvalue weighted by molar-refractivity contribution is -0.131. The predicted octanol–water partition coefficient (Wildman–Crippen LogP) is 1.69. The van der Waals surface area contributed by atoms with Crippen molar-refractivity contribution in [1.82, 2.24) is 0 Å².